The van der Waals surface area contributed by atoms with Gasteiger partial charge in [0.05, 0.1) is 15.5 Å². The summed E-state index contributed by atoms with van der Waals surface area (Å²) >= 11 is 5.54. The van der Waals surface area contributed by atoms with E-state index in [2.05, 4.69) is 5.32 Å². The van der Waals surface area contributed by atoms with E-state index in [0.29, 0.717) is 24.5 Å². The van der Waals surface area contributed by atoms with E-state index in [9.17, 15) is 16.8 Å². The largest absolute Gasteiger partial charge is 0.384 e. The number of halogens is 1. The zero-order valence-electron chi connectivity index (χ0n) is 10.7. The van der Waals surface area contributed by atoms with Crippen LogP contribution < -0.4 is 5.32 Å². The highest BCUT2D eigenvalue weighted by Gasteiger charge is 2.17. The van der Waals surface area contributed by atoms with Gasteiger partial charge in [0.1, 0.15) is 0 Å². The molecule has 1 aromatic carbocycles. The molecule has 0 radical (unpaired) electrons. The highest BCUT2D eigenvalue weighted by Crippen LogP contribution is 2.25. The minimum absolute atomic E-state index is 0.0178. The summed E-state index contributed by atoms with van der Waals surface area (Å²) in [4.78, 5) is -0.0409. The number of anilines is 1. The van der Waals surface area contributed by atoms with Crippen LogP contribution in [0.1, 0.15) is 6.42 Å². The lowest BCUT2D eigenvalue weighted by Crippen LogP contribution is -2.09. The van der Waals surface area contributed by atoms with Crippen molar-refractivity contribution in [2.75, 3.05) is 30.3 Å². The van der Waals surface area contributed by atoms with Crippen LogP contribution in [-0.4, -0.2) is 41.8 Å². The van der Waals surface area contributed by atoms with Crippen LogP contribution in [0.2, 0.25) is 0 Å². The second-order valence-corrected chi connectivity index (χ2v) is 8.55. The van der Waals surface area contributed by atoms with Crippen molar-refractivity contribution in [3.05, 3.63) is 18.2 Å². The maximum absolute atomic E-state index is 11.7. The predicted molar refractivity (Wildman–Crippen MR) is 76.5 cm³/mol. The first-order chi connectivity index (χ1) is 8.66. The van der Waals surface area contributed by atoms with E-state index in [0.717, 1.165) is 12.5 Å². The van der Waals surface area contributed by atoms with Crippen LogP contribution in [0.25, 0.3) is 0 Å². The molecule has 1 N–H and O–H groups in total. The van der Waals surface area contributed by atoms with Gasteiger partial charge in [-0.25, -0.2) is 16.8 Å². The smallest absolute Gasteiger partial charge is 0.177 e. The second-order valence-electron chi connectivity index (χ2n) is 4.17. The summed E-state index contributed by atoms with van der Waals surface area (Å²) in [5, 5.41) is 2.94. The fourth-order valence-electron chi connectivity index (χ4n) is 1.48. The Labute approximate surface area is 118 Å². The maximum atomic E-state index is 11.7. The number of benzene rings is 1. The third kappa shape index (κ3) is 4.67. The van der Waals surface area contributed by atoms with Gasteiger partial charge in [0.25, 0.3) is 0 Å². The van der Waals surface area contributed by atoms with Gasteiger partial charge >= 0.3 is 0 Å². The fourth-order valence-corrected chi connectivity index (χ4v) is 3.21. The highest BCUT2D eigenvalue weighted by atomic mass is 35.5. The zero-order valence-corrected chi connectivity index (χ0v) is 13.1. The first-order valence-corrected chi connectivity index (χ1v) is 9.82. The number of nitrogens with one attached hydrogen (secondary N) is 1. The van der Waals surface area contributed by atoms with E-state index in [-0.39, 0.29) is 9.79 Å². The SMILES string of the molecule is CS(=O)(=O)c1ccc(NCCCCl)c(S(C)(=O)=O)c1. The minimum Gasteiger partial charge on any atom is -0.384 e. The molecule has 0 aromatic heterocycles. The molecule has 1 aromatic rings. The molecule has 1 rings (SSSR count). The molecule has 0 bridgehead atoms. The molecule has 0 saturated carbocycles. The van der Waals surface area contributed by atoms with Gasteiger partial charge in [-0.3, -0.25) is 0 Å². The normalized spacial score (nSPS) is 12.4. The van der Waals surface area contributed by atoms with Crippen LogP contribution in [0.4, 0.5) is 5.69 Å². The van der Waals surface area contributed by atoms with E-state index in [1.807, 2.05) is 0 Å². The topological polar surface area (TPSA) is 80.3 Å². The van der Waals surface area contributed by atoms with Crippen LogP contribution in [0.3, 0.4) is 0 Å². The molecule has 0 unspecified atom stereocenters. The number of rotatable bonds is 6. The average Bonchev–Trinajstić information content (AvgIpc) is 2.27. The van der Waals surface area contributed by atoms with Crippen LogP contribution in [-0.2, 0) is 19.7 Å². The number of alkyl halides is 1. The Kier molecular flexibility index (Phi) is 5.23. The third-order valence-electron chi connectivity index (χ3n) is 2.41. The van der Waals surface area contributed by atoms with E-state index < -0.39 is 19.7 Å². The Hall–Kier alpha value is -0.790. The average molecular weight is 326 g/mol. The van der Waals surface area contributed by atoms with Crippen LogP contribution in [0.5, 0.6) is 0 Å². The molecular formula is C11H16ClNO4S2. The third-order valence-corrected chi connectivity index (χ3v) is 4.92. The summed E-state index contributed by atoms with van der Waals surface area (Å²) in [7, 11) is -6.95. The van der Waals surface area contributed by atoms with Gasteiger partial charge < -0.3 is 5.32 Å². The summed E-state index contributed by atoms with van der Waals surface area (Å²) < 4.78 is 46.3. The molecule has 0 aliphatic rings. The lowest BCUT2D eigenvalue weighted by molar-refractivity contribution is 0.600. The quantitative estimate of drug-likeness (QED) is 0.634. The van der Waals surface area contributed by atoms with Crippen LogP contribution >= 0.6 is 11.6 Å². The van der Waals surface area contributed by atoms with Crippen LogP contribution in [0.15, 0.2) is 28.0 Å². The zero-order chi connectivity index (χ0) is 14.7. The molecule has 0 aliphatic heterocycles. The van der Waals surface area contributed by atoms with Crippen molar-refractivity contribution in [3.8, 4) is 0 Å². The van der Waals surface area contributed by atoms with Crippen molar-refractivity contribution >= 4 is 37.0 Å². The predicted octanol–water partition coefficient (Wildman–Crippen LogP) is 1.53. The van der Waals surface area contributed by atoms with Gasteiger partial charge in [-0.05, 0) is 24.6 Å². The molecule has 0 saturated heterocycles. The lowest BCUT2D eigenvalue weighted by Gasteiger charge is -2.11. The summed E-state index contributed by atoms with van der Waals surface area (Å²) in [5.74, 6) is 0.461. The molecule has 0 fully saturated rings. The number of hydrogen-bond acceptors (Lipinski definition) is 5. The van der Waals surface area contributed by atoms with E-state index in [1.165, 1.54) is 18.2 Å². The van der Waals surface area contributed by atoms with Gasteiger partial charge in [0, 0.05) is 24.9 Å². The van der Waals surface area contributed by atoms with Gasteiger partial charge in [-0.15, -0.1) is 11.6 Å². The molecule has 0 amide bonds. The molecule has 8 heteroatoms. The summed E-state index contributed by atoms with van der Waals surface area (Å²) in [6.07, 6.45) is 2.76. The van der Waals surface area contributed by atoms with E-state index in [1.54, 1.807) is 0 Å². The first-order valence-electron chi connectivity index (χ1n) is 5.50. The molecule has 5 nitrogen and oxygen atoms in total. The Morgan fingerprint density at radius 3 is 2.21 bits per heavy atom. The Morgan fingerprint density at radius 1 is 1.11 bits per heavy atom. The Balaban J connectivity index is 3.26. The molecule has 108 valence electrons. The van der Waals surface area contributed by atoms with Crippen LogP contribution in [0, 0.1) is 0 Å². The lowest BCUT2D eigenvalue weighted by atomic mass is 10.3. The Bertz CT molecular complexity index is 653. The van der Waals surface area contributed by atoms with Crippen molar-refractivity contribution < 1.29 is 16.8 Å². The van der Waals surface area contributed by atoms with Gasteiger partial charge in [-0.1, -0.05) is 0 Å². The molecule has 0 spiro atoms. The number of sulfone groups is 2. The first kappa shape index (κ1) is 16.3. The molecule has 0 heterocycles. The van der Waals surface area contributed by atoms with Gasteiger partial charge in [0.2, 0.25) is 0 Å². The van der Waals surface area contributed by atoms with Gasteiger partial charge in [-0.2, -0.15) is 0 Å². The molecular weight excluding hydrogens is 310 g/mol. The highest BCUT2D eigenvalue weighted by molar-refractivity contribution is 7.91. The molecule has 19 heavy (non-hydrogen) atoms. The Morgan fingerprint density at radius 2 is 1.74 bits per heavy atom. The second kappa shape index (κ2) is 6.11. The van der Waals surface area contributed by atoms with Crippen molar-refractivity contribution in [2.24, 2.45) is 0 Å². The number of hydrogen-bond donors (Lipinski definition) is 1. The van der Waals surface area contributed by atoms with Crippen molar-refractivity contribution in [2.45, 2.75) is 16.2 Å². The summed E-state index contributed by atoms with van der Waals surface area (Å²) in [6.45, 7) is 0.518. The molecule has 0 aliphatic carbocycles. The van der Waals surface area contributed by atoms with E-state index in [4.69, 9.17) is 11.6 Å². The van der Waals surface area contributed by atoms with E-state index >= 15 is 0 Å². The maximum Gasteiger partial charge on any atom is 0.177 e. The minimum atomic E-state index is -3.51. The van der Waals surface area contributed by atoms with Crippen molar-refractivity contribution in [1.29, 1.82) is 0 Å². The summed E-state index contributed by atoms with van der Waals surface area (Å²) in [5.41, 5.74) is 0.389. The standard InChI is InChI=1S/C11H16ClNO4S2/c1-18(14,15)9-4-5-10(13-7-3-6-12)11(8-9)19(2,16)17/h4-5,8,13H,3,6-7H2,1-2H3. The van der Waals surface area contributed by atoms with Crippen molar-refractivity contribution in [3.63, 3.8) is 0 Å². The van der Waals surface area contributed by atoms with Gasteiger partial charge in [0.15, 0.2) is 19.7 Å². The fraction of sp³-hybridized carbons (Fsp3) is 0.455. The summed E-state index contributed by atoms with van der Waals surface area (Å²) in [6, 6.07) is 4.02. The monoisotopic (exact) mass is 325 g/mol. The molecule has 0 atom stereocenters. The van der Waals surface area contributed by atoms with Crippen molar-refractivity contribution in [1.82, 2.24) is 0 Å².